The summed E-state index contributed by atoms with van der Waals surface area (Å²) in [7, 11) is 1.83. The van der Waals surface area contributed by atoms with Gasteiger partial charge < -0.3 is 15.7 Å². The molecule has 0 bridgehead atoms. The van der Waals surface area contributed by atoms with E-state index in [1.165, 1.54) is 0 Å². The van der Waals surface area contributed by atoms with Gasteiger partial charge in [-0.15, -0.1) is 0 Å². The van der Waals surface area contributed by atoms with Gasteiger partial charge in [0.25, 0.3) is 0 Å². The third-order valence-corrected chi connectivity index (χ3v) is 3.32. The molecule has 0 saturated heterocycles. The molecule has 0 saturated carbocycles. The minimum absolute atomic E-state index is 0.409. The molecule has 0 aromatic carbocycles. The Hall–Kier alpha value is -1.70. The van der Waals surface area contributed by atoms with E-state index in [0.29, 0.717) is 25.1 Å². The molecule has 0 spiro atoms. The Labute approximate surface area is 122 Å². The van der Waals surface area contributed by atoms with Crippen LogP contribution in [0.2, 0.25) is 0 Å². The van der Waals surface area contributed by atoms with Gasteiger partial charge >= 0.3 is 12.0 Å². The monoisotopic (exact) mass is 300 g/mol. The highest BCUT2D eigenvalue weighted by Crippen LogP contribution is 2.01. The Bertz CT molecular complexity index is 450. The molecule has 1 atom stereocenters. The van der Waals surface area contributed by atoms with Gasteiger partial charge in [0, 0.05) is 19.8 Å². The van der Waals surface area contributed by atoms with E-state index >= 15 is 0 Å². The van der Waals surface area contributed by atoms with Gasteiger partial charge in [0.15, 0.2) is 0 Å². The van der Waals surface area contributed by atoms with E-state index < -0.39 is 18.0 Å². The number of aromatic nitrogens is 2. The van der Waals surface area contributed by atoms with Crippen molar-refractivity contribution in [1.29, 1.82) is 0 Å². The van der Waals surface area contributed by atoms with Crippen LogP contribution in [0.3, 0.4) is 0 Å². The Balaban J connectivity index is 2.28. The van der Waals surface area contributed by atoms with Crippen LogP contribution in [-0.2, 0) is 18.3 Å². The summed E-state index contributed by atoms with van der Waals surface area (Å²) in [5.41, 5.74) is 1.02. The molecule has 8 heteroatoms. The van der Waals surface area contributed by atoms with Crippen LogP contribution in [0.5, 0.6) is 0 Å². The normalized spacial score (nSPS) is 11.9. The van der Waals surface area contributed by atoms with Crippen LogP contribution in [0.15, 0.2) is 12.4 Å². The first kappa shape index (κ1) is 16.4. The molecule has 0 unspecified atom stereocenters. The minimum atomic E-state index is -1.01. The van der Waals surface area contributed by atoms with E-state index in [-0.39, 0.29) is 0 Å². The lowest BCUT2D eigenvalue weighted by Gasteiger charge is -2.14. The number of aliphatic carboxylic acids is 1. The van der Waals surface area contributed by atoms with Gasteiger partial charge in [0.1, 0.15) is 6.04 Å². The molecule has 0 fully saturated rings. The van der Waals surface area contributed by atoms with Crippen molar-refractivity contribution >= 4 is 23.8 Å². The second-order valence-electron chi connectivity index (χ2n) is 4.34. The SMILES string of the molecule is CSCC[C@H](NC(=O)NCCc1cnn(C)c1)C(=O)O. The van der Waals surface area contributed by atoms with E-state index in [2.05, 4.69) is 15.7 Å². The van der Waals surface area contributed by atoms with Gasteiger partial charge in [-0.25, -0.2) is 9.59 Å². The summed E-state index contributed by atoms with van der Waals surface area (Å²) in [6.07, 6.45) is 6.57. The predicted octanol–water partition coefficient (Wildman–Crippen LogP) is 0.468. The number of rotatable bonds is 8. The number of hydrogen-bond donors (Lipinski definition) is 3. The fraction of sp³-hybridized carbons (Fsp3) is 0.583. The third-order valence-electron chi connectivity index (χ3n) is 2.67. The van der Waals surface area contributed by atoms with Gasteiger partial charge in [0.2, 0.25) is 0 Å². The van der Waals surface area contributed by atoms with Crippen LogP contribution in [0.4, 0.5) is 4.79 Å². The number of nitrogens with zero attached hydrogens (tertiary/aromatic N) is 2. The number of amides is 2. The van der Waals surface area contributed by atoms with Crippen LogP contribution in [-0.4, -0.2) is 51.5 Å². The fourth-order valence-corrected chi connectivity index (χ4v) is 2.10. The van der Waals surface area contributed by atoms with Crippen LogP contribution in [0, 0.1) is 0 Å². The smallest absolute Gasteiger partial charge is 0.326 e. The summed E-state index contributed by atoms with van der Waals surface area (Å²) in [5, 5.41) is 18.1. The maximum Gasteiger partial charge on any atom is 0.326 e. The van der Waals surface area contributed by atoms with Gasteiger partial charge in [-0.2, -0.15) is 16.9 Å². The van der Waals surface area contributed by atoms with Crippen LogP contribution in [0.1, 0.15) is 12.0 Å². The molecular formula is C12H20N4O3S. The lowest BCUT2D eigenvalue weighted by atomic mass is 10.2. The second-order valence-corrected chi connectivity index (χ2v) is 5.33. The molecule has 2 amide bonds. The fourth-order valence-electron chi connectivity index (χ4n) is 1.62. The molecule has 20 heavy (non-hydrogen) atoms. The van der Waals surface area contributed by atoms with Crippen molar-refractivity contribution in [2.75, 3.05) is 18.6 Å². The maximum absolute atomic E-state index is 11.6. The van der Waals surface area contributed by atoms with Crippen molar-refractivity contribution in [3.63, 3.8) is 0 Å². The van der Waals surface area contributed by atoms with E-state index in [1.54, 1.807) is 22.6 Å². The number of carbonyl (C=O) groups is 2. The van der Waals surface area contributed by atoms with Crippen molar-refractivity contribution in [2.24, 2.45) is 7.05 Å². The average molecular weight is 300 g/mol. The molecule has 1 heterocycles. The highest BCUT2D eigenvalue weighted by molar-refractivity contribution is 7.98. The second kappa shape index (κ2) is 8.47. The zero-order valence-corrected chi connectivity index (χ0v) is 12.4. The summed E-state index contributed by atoms with van der Waals surface area (Å²) in [4.78, 5) is 22.6. The zero-order chi connectivity index (χ0) is 15.0. The predicted molar refractivity (Wildman–Crippen MR) is 77.9 cm³/mol. The highest BCUT2D eigenvalue weighted by atomic mass is 32.2. The van der Waals surface area contributed by atoms with Crippen molar-refractivity contribution in [3.8, 4) is 0 Å². The summed E-state index contributed by atoms with van der Waals surface area (Å²) >= 11 is 1.55. The molecule has 0 aliphatic carbocycles. The number of urea groups is 1. The standard InChI is InChI=1S/C12H20N4O3S/c1-16-8-9(7-14-16)3-5-13-12(19)15-10(11(17)18)4-6-20-2/h7-8,10H,3-6H2,1-2H3,(H,17,18)(H2,13,15,19)/t10-/m0/s1. The Kier molecular flexibility index (Phi) is 6.92. The molecule has 0 aliphatic rings. The van der Waals surface area contributed by atoms with Crippen LogP contribution < -0.4 is 10.6 Å². The Morgan fingerprint density at radius 1 is 1.55 bits per heavy atom. The number of aryl methyl sites for hydroxylation is 1. The molecular weight excluding hydrogens is 280 g/mol. The lowest BCUT2D eigenvalue weighted by molar-refractivity contribution is -0.139. The van der Waals surface area contributed by atoms with Gasteiger partial charge in [-0.05, 0) is 30.4 Å². The lowest BCUT2D eigenvalue weighted by Crippen LogP contribution is -2.46. The molecule has 112 valence electrons. The third kappa shape index (κ3) is 5.96. The molecule has 0 aliphatic heterocycles. The maximum atomic E-state index is 11.6. The molecule has 3 N–H and O–H groups in total. The first-order chi connectivity index (χ1) is 9.52. The summed E-state index contributed by atoms with van der Waals surface area (Å²) in [6, 6.07) is -1.30. The molecule has 0 radical (unpaired) electrons. The summed E-state index contributed by atoms with van der Waals surface area (Å²) < 4.78 is 1.69. The quantitative estimate of drug-likeness (QED) is 0.648. The number of thioether (sulfide) groups is 1. The molecule has 1 rings (SSSR count). The first-order valence-corrected chi connectivity index (χ1v) is 7.66. The van der Waals surface area contributed by atoms with E-state index in [4.69, 9.17) is 5.11 Å². The zero-order valence-electron chi connectivity index (χ0n) is 11.6. The van der Waals surface area contributed by atoms with Gasteiger partial charge in [-0.3, -0.25) is 4.68 Å². The number of carboxylic acid groups (broad SMARTS) is 1. The number of carbonyl (C=O) groups excluding carboxylic acids is 1. The van der Waals surface area contributed by atoms with Crippen molar-refractivity contribution in [3.05, 3.63) is 18.0 Å². The number of hydrogen-bond acceptors (Lipinski definition) is 4. The van der Waals surface area contributed by atoms with Crippen LogP contribution >= 0.6 is 11.8 Å². The number of carboxylic acids is 1. The molecule has 1 aromatic rings. The minimum Gasteiger partial charge on any atom is -0.480 e. The Morgan fingerprint density at radius 2 is 2.30 bits per heavy atom. The number of nitrogens with one attached hydrogen (secondary N) is 2. The molecule has 7 nitrogen and oxygen atoms in total. The summed E-state index contributed by atoms with van der Waals surface area (Å²) in [6.45, 7) is 0.437. The van der Waals surface area contributed by atoms with Gasteiger partial charge in [0.05, 0.1) is 6.20 Å². The van der Waals surface area contributed by atoms with Crippen molar-refractivity contribution in [1.82, 2.24) is 20.4 Å². The highest BCUT2D eigenvalue weighted by Gasteiger charge is 2.18. The van der Waals surface area contributed by atoms with Crippen LogP contribution in [0.25, 0.3) is 0 Å². The largest absolute Gasteiger partial charge is 0.480 e. The summed E-state index contributed by atoms with van der Waals surface area (Å²) in [5.74, 6) is -0.325. The van der Waals surface area contributed by atoms with E-state index in [1.807, 2.05) is 19.5 Å². The molecule has 1 aromatic heterocycles. The Morgan fingerprint density at radius 3 is 2.85 bits per heavy atom. The van der Waals surface area contributed by atoms with E-state index in [0.717, 1.165) is 5.56 Å². The van der Waals surface area contributed by atoms with Crippen molar-refractivity contribution in [2.45, 2.75) is 18.9 Å². The first-order valence-electron chi connectivity index (χ1n) is 6.26. The topological polar surface area (TPSA) is 96.3 Å². The average Bonchev–Trinajstić information content (AvgIpc) is 2.80. The van der Waals surface area contributed by atoms with Gasteiger partial charge in [-0.1, -0.05) is 0 Å². The van der Waals surface area contributed by atoms with Crippen molar-refractivity contribution < 1.29 is 14.7 Å². The van der Waals surface area contributed by atoms with E-state index in [9.17, 15) is 9.59 Å².